The van der Waals surface area contributed by atoms with Crippen molar-refractivity contribution in [2.45, 2.75) is 19.8 Å². The highest BCUT2D eigenvalue weighted by atomic mass is 35.5. The fourth-order valence-electron chi connectivity index (χ4n) is 2.55. The first-order valence-corrected chi connectivity index (χ1v) is 7.18. The van der Waals surface area contributed by atoms with E-state index >= 15 is 0 Å². The Morgan fingerprint density at radius 1 is 1.53 bits per heavy atom. The Hall–Kier alpha value is -1.06. The largest absolute Gasteiger partial charge is 0.341 e. The molecule has 0 saturated carbocycles. The standard InChI is InChI=1S/C15H21ClN2O/c1-11-5-6-13(14(16)8-11)15(19)18(2)10-12-4-3-7-17-9-12/h5-6,8,12,17H,3-4,7,9-10H2,1-2H3. The van der Waals surface area contributed by atoms with Gasteiger partial charge in [-0.05, 0) is 56.5 Å². The lowest BCUT2D eigenvalue weighted by molar-refractivity contribution is 0.0765. The number of halogens is 1. The summed E-state index contributed by atoms with van der Waals surface area (Å²) in [5, 5.41) is 3.91. The molecule has 1 heterocycles. The minimum absolute atomic E-state index is 0.00979. The van der Waals surface area contributed by atoms with Crippen molar-refractivity contribution in [2.75, 3.05) is 26.7 Å². The SMILES string of the molecule is Cc1ccc(C(=O)N(C)CC2CCCNC2)c(Cl)c1. The van der Waals surface area contributed by atoms with Crippen LogP contribution in [0.1, 0.15) is 28.8 Å². The number of nitrogens with one attached hydrogen (secondary N) is 1. The molecule has 1 aromatic carbocycles. The van der Waals surface area contributed by atoms with Gasteiger partial charge >= 0.3 is 0 Å². The van der Waals surface area contributed by atoms with Gasteiger partial charge in [0.25, 0.3) is 5.91 Å². The molecule has 1 N–H and O–H groups in total. The van der Waals surface area contributed by atoms with Gasteiger partial charge in [-0.1, -0.05) is 17.7 Å². The number of rotatable bonds is 3. The van der Waals surface area contributed by atoms with Crippen molar-refractivity contribution < 1.29 is 4.79 Å². The molecule has 1 aliphatic rings. The van der Waals surface area contributed by atoms with Gasteiger partial charge in [0.05, 0.1) is 10.6 Å². The maximum absolute atomic E-state index is 12.4. The lowest BCUT2D eigenvalue weighted by Crippen LogP contribution is -2.39. The molecule has 0 spiro atoms. The summed E-state index contributed by atoms with van der Waals surface area (Å²) in [5.41, 5.74) is 1.67. The normalized spacial score (nSPS) is 19.2. The third-order valence-electron chi connectivity index (χ3n) is 3.63. The van der Waals surface area contributed by atoms with Gasteiger partial charge in [-0.3, -0.25) is 4.79 Å². The number of carbonyl (C=O) groups excluding carboxylic acids is 1. The second-order valence-corrected chi connectivity index (χ2v) is 5.79. The quantitative estimate of drug-likeness (QED) is 0.923. The number of amides is 1. The highest BCUT2D eigenvalue weighted by Crippen LogP contribution is 2.20. The van der Waals surface area contributed by atoms with Crippen LogP contribution in [-0.4, -0.2) is 37.5 Å². The highest BCUT2D eigenvalue weighted by molar-refractivity contribution is 6.33. The molecule has 1 aliphatic heterocycles. The Kier molecular flexibility index (Phi) is 4.83. The Balaban J connectivity index is 2.01. The summed E-state index contributed by atoms with van der Waals surface area (Å²) in [6, 6.07) is 5.58. The van der Waals surface area contributed by atoms with E-state index < -0.39 is 0 Å². The van der Waals surface area contributed by atoms with Crippen LogP contribution in [0.25, 0.3) is 0 Å². The molecular weight excluding hydrogens is 260 g/mol. The summed E-state index contributed by atoms with van der Waals surface area (Å²) in [4.78, 5) is 14.2. The number of aryl methyl sites for hydroxylation is 1. The first-order valence-electron chi connectivity index (χ1n) is 6.80. The molecule has 1 atom stereocenters. The van der Waals surface area contributed by atoms with Gasteiger partial charge in [-0.2, -0.15) is 0 Å². The first kappa shape index (κ1) is 14.4. The van der Waals surface area contributed by atoms with E-state index in [1.165, 1.54) is 12.8 Å². The zero-order valence-corrected chi connectivity index (χ0v) is 12.3. The third-order valence-corrected chi connectivity index (χ3v) is 3.95. The molecule has 1 aromatic rings. The van der Waals surface area contributed by atoms with Gasteiger partial charge in [0.1, 0.15) is 0 Å². The number of carbonyl (C=O) groups is 1. The van der Waals surface area contributed by atoms with Crippen molar-refractivity contribution in [2.24, 2.45) is 5.92 Å². The van der Waals surface area contributed by atoms with Crippen LogP contribution in [0.4, 0.5) is 0 Å². The number of hydrogen-bond donors (Lipinski definition) is 1. The van der Waals surface area contributed by atoms with Gasteiger partial charge in [-0.25, -0.2) is 0 Å². The van der Waals surface area contributed by atoms with Crippen LogP contribution in [0, 0.1) is 12.8 Å². The molecule has 0 aliphatic carbocycles. The van der Waals surface area contributed by atoms with Crippen LogP contribution >= 0.6 is 11.6 Å². The molecular formula is C15H21ClN2O. The topological polar surface area (TPSA) is 32.3 Å². The average molecular weight is 281 g/mol. The number of benzene rings is 1. The smallest absolute Gasteiger partial charge is 0.255 e. The highest BCUT2D eigenvalue weighted by Gasteiger charge is 2.20. The van der Waals surface area contributed by atoms with Crippen LogP contribution in [0.15, 0.2) is 18.2 Å². The van der Waals surface area contributed by atoms with E-state index in [4.69, 9.17) is 11.6 Å². The third kappa shape index (κ3) is 3.71. The van der Waals surface area contributed by atoms with Gasteiger partial charge in [0.15, 0.2) is 0 Å². The van der Waals surface area contributed by atoms with Crippen LogP contribution in [-0.2, 0) is 0 Å². The molecule has 1 unspecified atom stereocenters. The van der Waals surface area contributed by atoms with E-state index in [-0.39, 0.29) is 5.91 Å². The second-order valence-electron chi connectivity index (χ2n) is 5.38. The summed E-state index contributed by atoms with van der Waals surface area (Å²) in [5.74, 6) is 0.558. The molecule has 2 rings (SSSR count). The summed E-state index contributed by atoms with van der Waals surface area (Å²) in [6.45, 7) is 4.85. The molecule has 3 nitrogen and oxygen atoms in total. The summed E-state index contributed by atoms with van der Waals surface area (Å²) in [7, 11) is 1.85. The first-order chi connectivity index (χ1) is 9.08. The summed E-state index contributed by atoms with van der Waals surface area (Å²) in [6.07, 6.45) is 2.38. The Morgan fingerprint density at radius 3 is 2.95 bits per heavy atom. The van der Waals surface area contributed by atoms with Gasteiger partial charge < -0.3 is 10.2 Å². The van der Waals surface area contributed by atoms with E-state index in [1.807, 2.05) is 32.2 Å². The van der Waals surface area contributed by atoms with Gasteiger partial charge in [-0.15, -0.1) is 0 Å². The fourth-order valence-corrected chi connectivity index (χ4v) is 2.87. The Morgan fingerprint density at radius 2 is 2.32 bits per heavy atom. The molecule has 0 bridgehead atoms. The van der Waals surface area contributed by atoms with Crippen LogP contribution < -0.4 is 5.32 Å². The van der Waals surface area contributed by atoms with Crippen molar-refractivity contribution in [3.05, 3.63) is 34.3 Å². The van der Waals surface area contributed by atoms with E-state index in [2.05, 4.69) is 5.32 Å². The molecule has 19 heavy (non-hydrogen) atoms. The molecule has 104 valence electrons. The van der Waals surface area contributed by atoms with E-state index in [0.29, 0.717) is 16.5 Å². The monoisotopic (exact) mass is 280 g/mol. The van der Waals surface area contributed by atoms with Crippen molar-refractivity contribution >= 4 is 17.5 Å². The van der Waals surface area contributed by atoms with Crippen molar-refractivity contribution in [1.82, 2.24) is 10.2 Å². The lowest BCUT2D eigenvalue weighted by Gasteiger charge is -2.28. The Labute approximate surface area is 119 Å². The molecule has 4 heteroatoms. The molecule has 1 fully saturated rings. The van der Waals surface area contributed by atoms with Crippen LogP contribution in [0.5, 0.6) is 0 Å². The average Bonchev–Trinajstić information content (AvgIpc) is 2.39. The minimum atomic E-state index is 0.00979. The molecule has 0 radical (unpaired) electrons. The van der Waals surface area contributed by atoms with Crippen molar-refractivity contribution in [1.29, 1.82) is 0 Å². The molecule has 1 amide bonds. The Bertz CT molecular complexity index is 455. The number of hydrogen-bond acceptors (Lipinski definition) is 2. The number of nitrogens with zero attached hydrogens (tertiary/aromatic N) is 1. The molecule has 0 aromatic heterocycles. The zero-order chi connectivity index (χ0) is 13.8. The maximum Gasteiger partial charge on any atom is 0.255 e. The minimum Gasteiger partial charge on any atom is -0.341 e. The van der Waals surface area contributed by atoms with Crippen molar-refractivity contribution in [3.63, 3.8) is 0 Å². The predicted octanol–water partition coefficient (Wildman–Crippen LogP) is 2.72. The van der Waals surface area contributed by atoms with Crippen molar-refractivity contribution in [3.8, 4) is 0 Å². The summed E-state index contributed by atoms with van der Waals surface area (Å²) < 4.78 is 0. The zero-order valence-electron chi connectivity index (χ0n) is 11.6. The van der Waals surface area contributed by atoms with Crippen LogP contribution in [0.2, 0.25) is 5.02 Å². The molecule has 1 saturated heterocycles. The maximum atomic E-state index is 12.4. The lowest BCUT2D eigenvalue weighted by atomic mass is 9.99. The summed E-state index contributed by atoms with van der Waals surface area (Å²) >= 11 is 6.15. The number of piperidine rings is 1. The van der Waals surface area contributed by atoms with E-state index in [0.717, 1.165) is 25.2 Å². The second kappa shape index (κ2) is 6.40. The van der Waals surface area contributed by atoms with E-state index in [1.54, 1.807) is 4.90 Å². The van der Waals surface area contributed by atoms with Crippen LogP contribution in [0.3, 0.4) is 0 Å². The van der Waals surface area contributed by atoms with E-state index in [9.17, 15) is 4.79 Å². The van der Waals surface area contributed by atoms with Gasteiger partial charge in [0.2, 0.25) is 0 Å². The fraction of sp³-hybridized carbons (Fsp3) is 0.533. The van der Waals surface area contributed by atoms with Gasteiger partial charge in [0, 0.05) is 13.6 Å². The predicted molar refractivity (Wildman–Crippen MR) is 78.7 cm³/mol.